The Labute approximate surface area is 146 Å². The molecular weight excluding hydrogens is 334 g/mol. The van der Waals surface area contributed by atoms with Gasteiger partial charge in [0.05, 0.1) is 27.7 Å². The first-order valence-electron chi connectivity index (χ1n) is 8.39. The number of rotatable bonds is 3. The average molecular weight is 349 g/mol. The Morgan fingerprint density at radius 2 is 2.04 bits per heavy atom. The Hall–Kier alpha value is -3.42. The summed E-state index contributed by atoms with van der Waals surface area (Å²) in [6, 6.07) is 7.03. The molecule has 1 aliphatic carbocycles. The molecular formula is C18H15N5O3. The summed E-state index contributed by atoms with van der Waals surface area (Å²) in [7, 11) is 0. The Morgan fingerprint density at radius 1 is 1.23 bits per heavy atom. The number of carbonyl (C=O) groups excluding carboxylic acids is 1. The van der Waals surface area contributed by atoms with E-state index in [2.05, 4.69) is 25.4 Å². The van der Waals surface area contributed by atoms with E-state index in [1.165, 1.54) is 0 Å². The Bertz CT molecular complexity index is 1230. The molecule has 0 aliphatic heterocycles. The van der Waals surface area contributed by atoms with Gasteiger partial charge in [-0.15, -0.1) is 0 Å². The highest BCUT2D eigenvalue weighted by Crippen LogP contribution is 2.40. The number of aromatic nitrogens is 4. The molecule has 130 valence electrons. The number of nitrogens with one attached hydrogen (secondary N) is 3. The number of benzene rings is 1. The van der Waals surface area contributed by atoms with Gasteiger partial charge in [0.1, 0.15) is 0 Å². The van der Waals surface area contributed by atoms with Gasteiger partial charge >= 0.3 is 5.69 Å². The SMILES string of the molecule is Cc1noc2nc(C3CC3)cc(C(=O)Nc3ccc4[nH]c(=O)[nH]c4c3)c12. The van der Waals surface area contributed by atoms with Crippen molar-refractivity contribution in [1.82, 2.24) is 20.1 Å². The van der Waals surface area contributed by atoms with E-state index in [0.29, 0.717) is 45.0 Å². The lowest BCUT2D eigenvalue weighted by molar-refractivity contribution is 0.102. The molecule has 1 aliphatic rings. The second-order valence-electron chi connectivity index (χ2n) is 6.61. The summed E-state index contributed by atoms with van der Waals surface area (Å²) in [5.41, 5.74) is 4.01. The van der Waals surface area contributed by atoms with Crippen LogP contribution in [0.5, 0.6) is 0 Å². The zero-order valence-corrected chi connectivity index (χ0v) is 13.9. The summed E-state index contributed by atoms with van der Waals surface area (Å²) in [5.74, 6) is 0.125. The van der Waals surface area contributed by atoms with Gasteiger partial charge in [-0.3, -0.25) is 4.79 Å². The predicted molar refractivity (Wildman–Crippen MR) is 95.4 cm³/mol. The molecule has 1 fully saturated rings. The van der Waals surface area contributed by atoms with Crippen LogP contribution in [0.25, 0.3) is 22.1 Å². The minimum Gasteiger partial charge on any atom is -0.336 e. The van der Waals surface area contributed by atoms with Gasteiger partial charge in [0.25, 0.3) is 11.6 Å². The lowest BCUT2D eigenvalue weighted by Gasteiger charge is -2.08. The van der Waals surface area contributed by atoms with Crippen LogP contribution in [0.1, 0.15) is 40.5 Å². The summed E-state index contributed by atoms with van der Waals surface area (Å²) < 4.78 is 5.28. The van der Waals surface area contributed by atoms with Crippen molar-refractivity contribution in [2.24, 2.45) is 0 Å². The summed E-state index contributed by atoms with van der Waals surface area (Å²) in [5, 5.41) is 7.46. The number of amides is 1. The van der Waals surface area contributed by atoms with Crippen LogP contribution < -0.4 is 11.0 Å². The van der Waals surface area contributed by atoms with Crippen molar-refractivity contribution >= 4 is 33.7 Å². The molecule has 4 aromatic rings. The number of pyridine rings is 1. The van der Waals surface area contributed by atoms with Crippen LogP contribution in [-0.4, -0.2) is 26.0 Å². The number of anilines is 1. The molecule has 1 aromatic carbocycles. The van der Waals surface area contributed by atoms with Gasteiger partial charge in [0.15, 0.2) is 0 Å². The quantitative estimate of drug-likeness (QED) is 0.526. The molecule has 0 spiro atoms. The Balaban J connectivity index is 1.56. The highest BCUT2D eigenvalue weighted by molar-refractivity contribution is 6.12. The normalized spacial score (nSPS) is 14.2. The fourth-order valence-corrected chi connectivity index (χ4v) is 3.19. The van der Waals surface area contributed by atoms with E-state index < -0.39 is 0 Å². The Kier molecular flexibility index (Phi) is 3.03. The first-order valence-corrected chi connectivity index (χ1v) is 8.39. The summed E-state index contributed by atoms with van der Waals surface area (Å²) in [4.78, 5) is 34.2. The zero-order valence-electron chi connectivity index (χ0n) is 13.9. The third-order valence-electron chi connectivity index (χ3n) is 4.65. The molecule has 3 aromatic heterocycles. The van der Waals surface area contributed by atoms with E-state index in [-0.39, 0.29) is 11.6 Å². The van der Waals surface area contributed by atoms with E-state index in [0.717, 1.165) is 18.5 Å². The monoisotopic (exact) mass is 349 g/mol. The number of H-pyrrole nitrogens is 2. The number of hydrogen-bond acceptors (Lipinski definition) is 5. The van der Waals surface area contributed by atoms with Crippen LogP contribution in [0.15, 0.2) is 33.6 Å². The fraction of sp³-hybridized carbons (Fsp3) is 0.222. The van der Waals surface area contributed by atoms with Crippen LogP contribution in [0.4, 0.5) is 5.69 Å². The third-order valence-corrected chi connectivity index (χ3v) is 4.65. The van der Waals surface area contributed by atoms with Gasteiger partial charge in [-0.2, -0.15) is 0 Å². The maximum Gasteiger partial charge on any atom is 0.323 e. The maximum atomic E-state index is 12.9. The van der Waals surface area contributed by atoms with Crippen LogP contribution in [-0.2, 0) is 0 Å². The maximum absolute atomic E-state index is 12.9. The lowest BCUT2D eigenvalue weighted by Crippen LogP contribution is -2.13. The summed E-state index contributed by atoms with van der Waals surface area (Å²) in [6.45, 7) is 1.79. The standard InChI is InChI=1S/C18H15N5O3/c1-8-15-11(7-13(9-2-3-9)20-17(15)26-23-8)16(24)19-10-4-5-12-14(6-10)22-18(25)21-12/h4-7,9H,2-3H2,1H3,(H,19,24)(H2,21,22,25). The number of aromatic amines is 2. The smallest absolute Gasteiger partial charge is 0.323 e. The highest BCUT2D eigenvalue weighted by atomic mass is 16.5. The van der Waals surface area contributed by atoms with Gasteiger partial charge in [-0.1, -0.05) is 5.16 Å². The van der Waals surface area contributed by atoms with E-state index in [9.17, 15) is 9.59 Å². The van der Waals surface area contributed by atoms with Crippen LogP contribution >= 0.6 is 0 Å². The first-order chi connectivity index (χ1) is 12.6. The van der Waals surface area contributed by atoms with E-state index in [4.69, 9.17) is 4.52 Å². The minimum atomic E-state index is -0.284. The number of imidazole rings is 1. The fourth-order valence-electron chi connectivity index (χ4n) is 3.19. The molecule has 8 heteroatoms. The van der Waals surface area contributed by atoms with Crippen molar-refractivity contribution in [3.63, 3.8) is 0 Å². The summed E-state index contributed by atoms with van der Waals surface area (Å²) >= 11 is 0. The van der Waals surface area contributed by atoms with Crippen molar-refractivity contribution in [3.8, 4) is 0 Å². The first kappa shape index (κ1) is 14.9. The van der Waals surface area contributed by atoms with Gasteiger partial charge in [-0.05, 0) is 44.0 Å². The van der Waals surface area contributed by atoms with E-state index >= 15 is 0 Å². The van der Waals surface area contributed by atoms with Gasteiger partial charge in [-0.25, -0.2) is 9.78 Å². The lowest BCUT2D eigenvalue weighted by atomic mass is 10.1. The van der Waals surface area contributed by atoms with Crippen molar-refractivity contribution in [2.45, 2.75) is 25.7 Å². The molecule has 1 amide bonds. The van der Waals surface area contributed by atoms with Crippen LogP contribution in [0, 0.1) is 6.92 Å². The third kappa shape index (κ3) is 2.38. The second-order valence-corrected chi connectivity index (χ2v) is 6.61. The molecule has 0 unspecified atom stereocenters. The predicted octanol–water partition coefficient (Wildman–Crippen LogP) is 2.83. The molecule has 26 heavy (non-hydrogen) atoms. The zero-order chi connectivity index (χ0) is 17.8. The van der Waals surface area contributed by atoms with E-state index in [1.807, 2.05) is 6.07 Å². The average Bonchev–Trinajstić information content (AvgIpc) is 3.31. The number of hydrogen-bond donors (Lipinski definition) is 3. The van der Waals surface area contributed by atoms with Crippen molar-refractivity contribution < 1.29 is 9.32 Å². The topological polar surface area (TPSA) is 117 Å². The molecule has 8 nitrogen and oxygen atoms in total. The largest absolute Gasteiger partial charge is 0.336 e. The molecule has 5 rings (SSSR count). The molecule has 0 saturated heterocycles. The molecule has 1 saturated carbocycles. The molecule has 0 atom stereocenters. The van der Waals surface area contributed by atoms with Crippen LogP contribution in [0.2, 0.25) is 0 Å². The molecule has 0 radical (unpaired) electrons. The van der Waals surface area contributed by atoms with Gasteiger partial charge < -0.3 is 19.8 Å². The van der Waals surface area contributed by atoms with Crippen LogP contribution in [0.3, 0.4) is 0 Å². The van der Waals surface area contributed by atoms with Crippen molar-refractivity contribution in [1.29, 1.82) is 0 Å². The number of fused-ring (bicyclic) bond motifs is 2. The molecule has 0 bridgehead atoms. The van der Waals surface area contributed by atoms with Crippen molar-refractivity contribution in [2.75, 3.05) is 5.32 Å². The second kappa shape index (κ2) is 5.29. The van der Waals surface area contributed by atoms with E-state index in [1.54, 1.807) is 25.1 Å². The van der Waals surface area contributed by atoms with Gasteiger partial charge in [0, 0.05) is 17.3 Å². The van der Waals surface area contributed by atoms with Crippen molar-refractivity contribution in [3.05, 3.63) is 51.7 Å². The summed E-state index contributed by atoms with van der Waals surface area (Å²) in [6.07, 6.45) is 2.15. The minimum absolute atomic E-state index is 0.261. The molecule has 3 N–H and O–H groups in total. The number of nitrogens with zero attached hydrogens (tertiary/aromatic N) is 2. The van der Waals surface area contributed by atoms with Gasteiger partial charge in [0.2, 0.25) is 0 Å². The Morgan fingerprint density at radius 3 is 2.85 bits per heavy atom. The molecule has 3 heterocycles. The number of carbonyl (C=O) groups is 1. The number of aryl methyl sites for hydroxylation is 1. The highest BCUT2D eigenvalue weighted by Gasteiger charge is 2.28.